The number of anilines is 1. The summed E-state index contributed by atoms with van der Waals surface area (Å²) in [6, 6.07) is 3.39. The zero-order chi connectivity index (χ0) is 16.0. The van der Waals surface area contributed by atoms with Crippen LogP contribution >= 0.6 is 0 Å². The highest BCUT2D eigenvalue weighted by Gasteiger charge is 2.38. The van der Waals surface area contributed by atoms with Crippen molar-refractivity contribution in [3.8, 4) is 0 Å². The number of likely N-dealkylation sites (tertiary alicyclic amines) is 1. The topological polar surface area (TPSA) is 49.6 Å². The molecule has 1 fully saturated rings. The molecule has 0 spiro atoms. The molecule has 0 saturated carbocycles. The average Bonchev–Trinajstić information content (AvgIpc) is 2.94. The highest BCUT2D eigenvalue weighted by atomic mass is 19.1. The van der Waals surface area contributed by atoms with Crippen LogP contribution in [0.5, 0.6) is 0 Å². The van der Waals surface area contributed by atoms with Gasteiger partial charge in [-0.3, -0.25) is 0 Å². The van der Waals surface area contributed by atoms with Crippen molar-refractivity contribution in [3.05, 3.63) is 35.2 Å². The molecule has 0 radical (unpaired) electrons. The van der Waals surface area contributed by atoms with E-state index in [4.69, 9.17) is 5.73 Å². The largest absolute Gasteiger partial charge is 0.357 e. The number of nitrogens with zero attached hydrogens (tertiary/aromatic N) is 2. The van der Waals surface area contributed by atoms with Gasteiger partial charge in [0.05, 0.1) is 5.69 Å². The number of halogens is 1. The summed E-state index contributed by atoms with van der Waals surface area (Å²) in [5.74, 6) is -0.0356. The molecule has 0 aliphatic carbocycles. The fourth-order valence-corrected chi connectivity index (χ4v) is 4.16. The van der Waals surface area contributed by atoms with Crippen LogP contribution in [0, 0.1) is 5.82 Å². The van der Waals surface area contributed by atoms with Crippen molar-refractivity contribution in [2.75, 3.05) is 31.1 Å². The number of nitrogens with two attached hydrogens (primary N) is 1. The van der Waals surface area contributed by atoms with E-state index in [1.54, 1.807) is 12.1 Å². The predicted molar refractivity (Wildman–Crippen MR) is 89.0 cm³/mol. The van der Waals surface area contributed by atoms with Crippen LogP contribution in [-0.4, -0.2) is 49.4 Å². The van der Waals surface area contributed by atoms with Gasteiger partial charge in [-0.2, -0.15) is 0 Å². The summed E-state index contributed by atoms with van der Waals surface area (Å²) in [7, 11) is 0. The number of rotatable bonds is 3. The minimum Gasteiger partial charge on any atom is -0.357 e. The third-order valence-electron chi connectivity index (χ3n) is 5.39. The lowest BCUT2D eigenvalue weighted by molar-refractivity contribution is -0.108. The van der Waals surface area contributed by atoms with Gasteiger partial charge in [-0.1, -0.05) is 12.2 Å². The second kappa shape index (κ2) is 5.73. The maximum Gasteiger partial charge on any atom is 0.146 e. The molecule has 122 valence electrons. The normalized spacial score (nSPS) is 27.3. The van der Waals surface area contributed by atoms with E-state index in [0.29, 0.717) is 12.6 Å². The average molecular weight is 315 g/mol. The van der Waals surface area contributed by atoms with Crippen molar-refractivity contribution in [3.63, 3.8) is 0 Å². The van der Waals surface area contributed by atoms with Crippen LogP contribution in [0.15, 0.2) is 18.2 Å². The lowest BCUT2D eigenvalue weighted by Gasteiger charge is -2.32. The van der Waals surface area contributed by atoms with Gasteiger partial charge in [0.1, 0.15) is 18.1 Å². The van der Waals surface area contributed by atoms with Crippen molar-refractivity contribution in [2.45, 2.75) is 30.8 Å². The van der Waals surface area contributed by atoms with Gasteiger partial charge in [-0.25, -0.2) is 4.39 Å². The quantitative estimate of drug-likeness (QED) is 0.864. The number of hydrogen-bond acceptors (Lipinski definition) is 4. The number of hydrogen-bond donors (Lipinski definition) is 1. The molecule has 2 atom stereocenters. The van der Waals surface area contributed by atoms with Crippen LogP contribution in [-0.2, 0) is 4.79 Å². The van der Waals surface area contributed by atoms with Crippen molar-refractivity contribution >= 4 is 18.0 Å². The molecule has 3 aliphatic rings. The van der Waals surface area contributed by atoms with Crippen molar-refractivity contribution in [1.29, 1.82) is 0 Å². The third-order valence-corrected chi connectivity index (χ3v) is 5.39. The molecule has 0 bridgehead atoms. The fraction of sp³-hybridized carbons (Fsp3) is 0.500. The van der Waals surface area contributed by atoms with E-state index in [1.165, 1.54) is 0 Å². The van der Waals surface area contributed by atoms with E-state index in [9.17, 15) is 9.18 Å². The van der Waals surface area contributed by atoms with Crippen LogP contribution < -0.4 is 10.6 Å². The highest BCUT2D eigenvalue weighted by molar-refractivity contribution is 5.84. The highest BCUT2D eigenvalue weighted by Crippen LogP contribution is 2.44. The van der Waals surface area contributed by atoms with Crippen LogP contribution in [0.25, 0.3) is 6.08 Å². The number of carbonyl (C=O) groups excluding carboxylic acids is 1. The van der Waals surface area contributed by atoms with Crippen molar-refractivity contribution < 1.29 is 9.18 Å². The van der Waals surface area contributed by atoms with Gasteiger partial charge in [0, 0.05) is 30.6 Å². The fourth-order valence-electron chi connectivity index (χ4n) is 4.16. The molecule has 23 heavy (non-hydrogen) atoms. The molecule has 5 heteroatoms. The molecular formula is C18H22FN3O. The number of benzene rings is 1. The lowest BCUT2D eigenvalue weighted by atomic mass is 9.95. The summed E-state index contributed by atoms with van der Waals surface area (Å²) >= 11 is 0. The Hall–Kier alpha value is -1.72. The van der Waals surface area contributed by atoms with E-state index in [1.807, 2.05) is 12.2 Å². The number of aldehydes is 1. The van der Waals surface area contributed by atoms with E-state index in [-0.39, 0.29) is 17.8 Å². The van der Waals surface area contributed by atoms with Crippen LogP contribution in [0.4, 0.5) is 10.1 Å². The first-order valence-corrected chi connectivity index (χ1v) is 8.38. The zero-order valence-corrected chi connectivity index (χ0v) is 13.1. The molecule has 3 aliphatic heterocycles. The summed E-state index contributed by atoms with van der Waals surface area (Å²) in [6.07, 6.45) is 6.79. The molecule has 2 unspecified atom stereocenters. The van der Waals surface area contributed by atoms with Crippen LogP contribution in [0.1, 0.15) is 29.9 Å². The SMILES string of the molecule is NC1CCN(CC2CN3c4c(ccc(F)c42)C=CC3C=O)CC1. The van der Waals surface area contributed by atoms with Gasteiger partial charge in [0.2, 0.25) is 0 Å². The molecule has 1 aromatic carbocycles. The number of carbonyl (C=O) groups is 1. The van der Waals surface area contributed by atoms with Gasteiger partial charge >= 0.3 is 0 Å². The third kappa shape index (κ3) is 2.48. The Kier molecular flexibility index (Phi) is 3.70. The van der Waals surface area contributed by atoms with Gasteiger partial charge in [-0.05, 0) is 43.6 Å². The molecule has 0 aromatic heterocycles. The Morgan fingerprint density at radius 1 is 1.30 bits per heavy atom. The van der Waals surface area contributed by atoms with Gasteiger partial charge in [0.25, 0.3) is 0 Å². The Morgan fingerprint density at radius 2 is 2.09 bits per heavy atom. The molecule has 4 rings (SSSR count). The zero-order valence-electron chi connectivity index (χ0n) is 13.1. The summed E-state index contributed by atoms with van der Waals surface area (Å²) in [6.45, 7) is 3.50. The number of piperidine rings is 1. The van der Waals surface area contributed by atoms with E-state index in [0.717, 1.165) is 55.6 Å². The Balaban J connectivity index is 1.63. The van der Waals surface area contributed by atoms with Gasteiger partial charge < -0.3 is 20.3 Å². The Bertz CT molecular complexity index is 652. The Morgan fingerprint density at radius 3 is 2.83 bits per heavy atom. The van der Waals surface area contributed by atoms with Gasteiger partial charge in [-0.15, -0.1) is 0 Å². The maximum atomic E-state index is 14.5. The van der Waals surface area contributed by atoms with Crippen LogP contribution in [0.3, 0.4) is 0 Å². The van der Waals surface area contributed by atoms with Crippen molar-refractivity contribution in [2.24, 2.45) is 5.73 Å². The second-order valence-electron chi connectivity index (χ2n) is 6.87. The van der Waals surface area contributed by atoms with Crippen molar-refractivity contribution in [1.82, 2.24) is 4.90 Å². The van der Waals surface area contributed by atoms with E-state index < -0.39 is 0 Å². The summed E-state index contributed by atoms with van der Waals surface area (Å²) in [4.78, 5) is 15.8. The minimum absolute atomic E-state index is 0.113. The molecule has 3 heterocycles. The standard InChI is InChI=1S/C18H22FN3O/c19-16-4-2-12-1-3-15(11-23)22-10-13(17(16)18(12)22)9-21-7-5-14(20)6-8-21/h1-4,11,13-15H,5-10,20H2. The van der Waals surface area contributed by atoms with E-state index >= 15 is 0 Å². The molecular weight excluding hydrogens is 293 g/mol. The second-order valence-corrected chi connectivity index (χ2v) is 6.87. The first kappa shape index (κ1) is 14.8. The first-order chi connectivity index (χ1) is 11.2. The minimum atomic E-state index is -0.275. The predicted octanol–water partition coefficient (Wildman–Crippen LogP) is 1.75. The molecule has 2 N–H and O–H groups in total. The smallest absolute Gasteiger partial charge is 0.146 e. The monoisotopic (exact) mass is 315 g/mol. The molecule has 0 amide bonds. The first-order valence-electron chi connectivity index (χ1n) is 8.38. The summed E-state index contributed by atoms with van der Waals surface area (Å²) in [5, 5.41) is 0. The molecule has 1 saturated heterocycles. The van der Waals surface area contributed by atoms with Gasteiger partial charge in [0.15, 0.2) is 0 Å². The molecule has 1 aromatic rings. The maximum absolute atomic E-state index is 14.5. The lowest BCUT2D eigenvalue weighted by Crippen LogP contribution is -2.42. The Labute approximate surface area is 135 Å². The summed E-state index contributed by atoms with van der Waals surface area (Å²) < 4.78 is 14.5. The molecule has 4 nitrogen and oxygen atoms in total. The van der Waals surface area contributed by atoms with Crippen LogP contribution in [0.2, 0.25) is 0 Å². The van der Waals surface area contributed by atoms with E-state index in [2.05, 4.69) is 9.80 Å². The summed E-state index contributed by atoms with van der Waals surface area (Å²) in [5.41, 5.74) is 8.69.